The molecule has 0 unspecified atom stereocenters. The third-order valence-electron chi connectivity index (χ3n) is 1.80. The van der Waals surface area contributed by atoms with Crippen LogP contribution in [0.25, 0.3) is 0 Å². The van der Waals surface area contributed by atoms with Crippen molar-refractivity contribution in [2.24, 2.45) is 5.92 Å². The Labute approximate surface area is 86.3 Å². The molecule has 2 nitrogen and oxygen atoms in total. The maximum atomic E-state index is 11.6. The summed E-state index contributed by atoms with van der Waals surface area (Å²) >= 11 is 3.29. The molecule has 3 heteroatoms. The van der Waals surface area contributed by atoms with Crippen molar-refractivity contribution in [1.29, 1.82) is 0 Å². The van der Waals surface area contributed by atoms with Gasteiger partial charge < -0.3 is 5.73 Å². The fourth-order valence-electron chi connectivity index (χ4n) is 1.07. The average Bonchev–Trinajstić information content (AvgIpc) is 2.03. The molecule has 0 aliphatic heterocycles. The molecule has 0 saturated carbocycles. The molecule has 0 saturated heterocycles. The lowest BCUT2D eigenvalue weighted by atomic mass is 10.00. The van der Waals surface area contributed by atoms with Gasteiger partial charge in [-0.15, -0.1) is 0 Å². The Morgan fingerprint density at radius 3 is 2.54 bits per heavy atom. The zero-order valence-electron chi connectivity index (χ0n) is 7.67. The van der Waals surface area contributed by atoms with Crippen molar-refractivity contribution in [2.75, 3.05) is 5.73 Å². The fourth-order valence-corrected chi connectivity index (χ4v) is 1.45. The fraction of sp³-hybridized carbons (Fsp3) is 0.300. The topological polar surface area (TPSA) is 43.1 Å². The van der Waals surface area contributed by atoms with E-state index in [2.05, 4.69) is 15.9 Å². The maximum Gasteiger partial charge on any atom is 0.167 e. The van der Waals surface area contributed by atoms with E-state index in [1.807, 2.05) is 19.9 Å². The van der Waals surface area contributed by atoms with Crippen LogP contribution in [0.2, 0.25) is 0 Å². The number of carbonyl (C=O) groups is 1. The van der Waals surface area contributed by atoms with Gasteiger partial charge in [-0.25, -0.2) is 0 Å². The highest BCUT2D eigenvalue weighted by atomic mass is 79.9. The molecule has 0 fully saturated rings. The van der Waals surface area contributed by atoms with Crippen LogP contribution in [-0.2, 0) is 0 Å². The summed E-state index contributed by atoms with van der Waals surface area (Å²) in [6.07, 6.45) is 0. The monoisotopic (exact) mass is 241 g/mol. The van der Waals surface area contributed by atoms with E-state index in [4.69, 9.17) is 5.73 Å². The summed E-state index contributed by atoms with van der Waals surface area (Å²) in [6, 6.07) is 5.32. The number of nitrogen functional groups attached to an aromatic ring is 1. The number of rotatable bonds is 2. The first-order valence-corrected chi connectivity index (χ1v) is 4.91. The summed E-state index contributed by atoms with van der Waals surface area (Å²) in [6.45, 7) is 3.73. The van der Waals surface area contributed by atoms with Crippen LogP contribution in [0.3, 0.4) is 0 Å². The van der Waals surface area contributed by atoms with Gasteiger partial charge in [-0.2, -0.15) is 0 Å². The van der Waals surface area contributed by atoms with E-state index in [9.17, 15) is 4.79 Å². The van der Waals surface area contributed by atoms with Crippen molar-refractivity contribution >= 4 is 27.4 Å². The lowest BCUT2D eigenvalue weighted by Gasteiger charge is -2.07. The molecule has 0 aromatic heterocycles. The highest BCUT2D eigenvalue weighted by molar-refractivity contribution is 9.10. The average molecular weight is 242 g/mol. The molecule has 1 aromatic carbocycles. The molecular formula is C10H12BrNO. The van der Waals surface area contributed by atoms with Crippen LogP contribution < -0.4 is 5.73 Å². The highest BCUT2D eigenvalue weighted by Gasteiger charge is 2.12. The standard InChI is InChI=1S/C10H12BrNO/c1-6(2)10(13)8-4-3-7(11)5-9(8)12/h3-6H,12H2,1-2H3. The Kier molecular flexibility index (Phi) is 3.09. The molecule has 2 N–H and O–H groups in total. The Hall–Kier alpha value is -0.830. The van der Waals surface area contributed by atoms with Gasteiger partial charge in [0.25, 0.3) is 0 Å². The Balaban J connectivity index is 3.09. The van der Waals surface area contributed by atoms with Crippen LogP contribution in [0, 0.1) is 5.92 Å². The van der Waals surface area contributed by atoms with Crippen LogP contribution in [0.1, 0.15) is 24.2 Å². The van der Waals surface area contributed by atoms with Crippen molar-refractivity contribution in [3.63, 3.8) is 0 Å². The number of nitrogens with two attached hydrogens (primary N) is 1. The first-order chi connectivity index (χ1) is 6.02. The Morgan fingerprint density at radius 1 is 1.46 bits per heavy atom. The maximum absolute atomic E-state index is 11.6. The molecule has 0 aliphatic rings. The molecule has 0 amide bonds. The van der Waals surface area contributed by atoms with E-state index in [-0.39, 0.29) is 11.7 Å². The summed E-state index contributed by atoms with van der Waals surface area (Å²) in [5, 5.41) is 0. The normalized spacial score (nSPS) is 10.5. The number of Topliss-reactive ketones (excluding diaryl/α,β-unsaturated/α-hetero) is 1. The molecule has 0 spiro atoms. The van der Waals surface area contributed by atoms with Gasteiger partial charge in [0.2, 0.25) is 0 Å². The van der Waals surface area contributed by atoms with Gasteiger partial charge in [0.05, 0.1) is 0 Å². The minimum atomic E-state index is -0.0107. The van der Waals surface area contributed by atoms with Gasteiger partial charge in [0, 0.05) is 21.6 Å². The summed E-state index contributed by atoms with van der Waals surface area (Å²) in [5.74, 6) is 0.0773. The first kappa shape index (κ1) is 10.3. The third-order valence-corrected chi connectivity index (χ3v) is 2.30. The second-order valence-corrected chi connectivity index (χ2v) is 4.17. The number of carbonyl (C=O) groups excluding carboxylic acids is 1. The molecule has 0 atom stereocenters. The lowest BCUT2D eigenvalue weighted by molar-refractivity contribution is 0.0940. The van der Waals surface area contributed by atoms with Gasteiger partial charge in [-0.1, -0.05) is 29.8 Å². The number of hydrogen-bond acceptors (Lipinski definition) is 2. The van der Waals surface area contributed by atoms with Crippen LogP contribution >= 0.6 is 15.9 Å². The lowest BCUT2D eigenvalue weighted by Crippen LogP contribution is -2.09. The Morgan fingerprint density at radius 2 is 2.08 bits per heavy atom. The molecule has 0 heterocycles. The molecule has 1 aromatic rings. The van der Waals surface area contributed by atoms with Crippen LogP contribution in [0.15, 0.2) is 22.7 Å². The molecule has 0 aliphatic carbocycles. The quantitative estimate of drug-likeness (QED) is 0.640. The van der Waals surface area contributed by atoms with Crippen LogP contribution in [0.4, 0.5) is 5.69 Å². The van der Waals surface area contributed by atoms with Crippen molar-refractivity contribution in [2.45, 2.75) is 13.8 Å². The minimum Gasteiger partial charge on any atom is -0.398 e. The smallest absolute Gasteiger partial charge is 0.167 e. The number of benzene rings is 1. The van der Waals surface area contributed by atoms with E-state index in [1.54, 1.807) is 12.1 Å². The minimum absolute atomic E-state index is 0.0107. The predicted octanol–water partition coefficient (Wildman–Crippen LogP) is 2.87. The van der Waals surface area contributed by atoms with Gasteiger partial charge >= 0.3 is 0 Å². The molecule has 1 rings (SSSR count). The largest absolute Gasteiger partial charge is 0.398 e. The van der Waals surface area contributed by atoms with E-state index in [0.717, 1.165) is 4.47 Å². The number of hydrogen-bond donors (Lipinski definition) is 1. The van der Waals surface area contributed by atoms with Crippen molar-refractivity contribution in [3.05, 3.63) is 28.2 Å². The zero-order valence-corrected chi connectivity index (χ0v) is 9.26. The third kappa shape index (κ3) is 2.31. The van der Waals surface area contributed by atoms with E-state index in [0.29, 0.717) is 11.3 Å². The SMILES string of the molecule is CC(C)C(=O)c1ccc(Br)cc1N. The van der Waals surface area contributed by atoms with Gasteiger partial charge in [-0.3, -0.25) is 4.79 Å². The van der Waals surface area contributed by atoms with E-state index >= 15 is 0 Å². The number of ketones is 1. The first-order valence-electron chi connectivity index (χ1n) is 4.11. The summed E-state index contributed by atoms with van der Waals surface area (Å²) in [7, 11) is 0. The molecule has 13 heavy (non-hydrogen) atoms. The Bertz CT molecular complexity index is 334. The van der Waals surface area contributed by atoms with E-state index < -0.39 is 0 Å². The highest BCUT2D eigenvalue weighted by Crippen LogP contribution is 2.20. The second kappa shape index (κ2) is 3.92. The van der Waals surface area contributed by atoms with Gasteiger partial charge in [-0.05, 0) is 18.2 Å². The van der Waals surface area contributed by atoms with Crippen molar-refractivity contribution < 1.29 is 4.79 Å². The van der Waals surface area contributed by atoms with E-state index in [1.165, 1.54) is 0 Å². The van der Waals surface area contributed by atoms with Gasteiger partial charge in [0.15, 0.2) is 5.78 Å². The molecular weight excluding hydrogens is 230 g/mol. The second-order valence-electron chi connectivity index (χ2n) is 3.25. The van der Waals surface area contributed by atoms with Crippen LogP contribution in [0.5, 0.6) is 0 Å². The molecule has 70 valence electrons. The van der Waals surface area contributed by atoms with Crippen molar-refractivity contribution in [3.8, 4) is 0 Å². The predicted molar refractivity (Wildman–Crippen MR) is 57.7 cm³/mol. The number of anilines is 1. The van der Waals surface area contributed by atoms with Gasteiger partial charge in [0.1, 0.15) is 0 Å². The summed E-state index contributed by atoms with van der Waals surface area (Å²) in [5.41, 5.74) is 6.85. The number of halogens is 1. The summed E-state index contributed by atoms with van der Waals surface area (Å²) < 4.78 is 0.894. The molecule has 0 radical (unpaired) electrons. The summed E-state index contributed by atoms with van der Waals surface area (Å²) in [4.78, 5) is 11.6. The van der Waals surface area contributed by atoms with Crippen LogP contribution in [-0.4, -0.2) is 5.78 Å². The van der Waals surface area contributed by atoms with Crippen molar-refractivity contribution in [1.82, 2.24) is 0 Å². The zero-order chi connectivity index (χ0) is 10.0. The molecule has 0 bridgehead atoms.